The lowest BCUT2D eigenvalue weighted by Crippen LogP contribution is -2.49. The Kier molecular flexibility index (Phi) is 6.18. The Balaban J connectivity index is 1.15. The first-order valence-corrected chi connectivity index (χ1v) is 10.5. The van der Waals surface area contributed by atoms with E-state index in [1.54, 1.807) is 11.0 Å². The molecule has 1 aliphatic carbocycles. The summed E-state index contributed by atoms with van der Waals surface area (Å²) in [5.41, 5.74) is 0.895. The zero-order valence-corrected chi connectivity index (χ0v) is 16.9. The number of piperidine rings is 1. The molecular weight excluding hydrogens is 419 g/mol. The Labute approximate surface area is 177 Å². The first-order valence-electron chi connectivity index (χ1n) is 10.5. The van der Waals surface area contributed by atoms with Crippen molar-refractivity contribution in [1.29, 1.82) is 0 Å². The molecular formula is C21H25F5N4O. The highest BCUT2D eigenvalue weighted by atomic mass is 19.4. The van der Waals surface area contributed by atoms with Crippen molar-refractivity contribution in [2.24, 2.45) is 17.8 Å². The van der Waals surface area contributed by atoms with Gasteiger partial charge in [0.15, 0.2) is 0 Å². The molecule has 2 heterocycles. The highest BCUT2D eigenvalue weighted by Gasteiger charge is 2.58. The van der Waals surface area contributed by atoms with Gasteiger partial charge in [0.05, 0.1) is 18.8 Å². The van der Waals surface area contributed by atoms with Crippen LogP contribution in [0.1, 0.15) is 25.7 Å². The number of likely N-dealkylation sites (tertiary alicyclic amines) is 1. The molecule has 4 rings (SSSR count). The largest absolute Gasteiger partial charge is 0.494 e. The normalized spacial score (nSPS) is 23.1. The molecule has 31 heavy (non-hydrogen) atoms. The van der Waals surface area contributed by atoms with E-state index >= 15 is 0 Å². The molecule has 1 aromatic carbocycles. The average Bonchev–Trinajstić information content (AvgIpc) is 3.27. The van der Waals surface area contributed by atoms with Gasteiger partial charge < -0.3 is 4.74 Å². The number of rotatable bonds is 8. The first-order chi connectivity index (χ1) is 14.7. The molecule has 2 atom stereocenters. The number of aromatic nitrogens is 3. The Bertz CT molecular complexity index is 832. The van der Waals surface area contributed by atoms with E-state index in [0.29, 0.717) is 50.3 Å². The van der Waals surface area contributed by atoms with E-state index < -0.39 is 18.6 Å². The number of alkyl halides is 5. The Morgan fingerprint density at radius 2 is 1.74 bits per heavy atom. The lowest BCUT2D eigenvalue weighted by atomic mass is 9.90. The van der Waals surface area contributed by atoms with E-state index in [1.807, 2.05) is 24.3 Å². The Morgan fingerprint density at radius 1 is 1.03 bits per heavy atom. The minimum absolute atomic E-state index is 0.300. The van der Waals surface area contributed by atoms with Crippen LogP contribution in [0.5, 0.6) is 5.75 Å². The number of hydrogen-bond acceptors (Lipinski definition) is 4. The van der Waals surface area contributed by atoms with Gasteiger partial charge in [0.1, 0.15) is 18.4 Å². The van der Waals surface area contributed by atoms with Crippen molar-refractivity contribution in [3.05, 3.63) is 36.9 Å². The van der Waals surface area contributed by atoms with Crippen LogP contribution in [0.25, 0.3) is 5.69 Å². The summed E-state index contributed by atoms with van der Waals surface area (Å²) in [6.45, 7) is -0.0380. The lowest BCUT2D eigenvalue weighted by Gasteiger charge is -2.34. The number of hydrogen-bond donors (Lipinski definition) is 0. The number of nitrogens with zero attached hydrogens (tertiary/aromatic N) is 4. The standard InChI is InChI=1S/C21H25F5N4O/c22-20(23,21(24,25)26)12-29-8-5-15(6-9-29)19-11-16(19)7-10-31-18-3-1-17(2-4-18)30-14-27-13-28-30/h1-4,13-16,19H,5-12H2. The van der Waals surface area contributed by atoms with Gasteiger partial charge in [-0.15, -0.1) is 0 Å². The summed E-state index contributed by atoms with van der Waals surface area (Å²) >= 11 is 0. The van der Waals surface area contributed by atoms with Gasteiger partial charge >= 0.3 is 12.1 Å². The van der Waals surface area contributed by atoms with Crippen LogP contribution in [-0.4, -0.2) is 58.0 Å². The van der Waals surface area contributed by atoms with Crippen molar-refractivity contribution < 1.29 is 26.7 Å². The number of halogens is 5. The molecule has 2 fully saturated rings. The van der Waals surface area contributed by atoms with E-state index in [0.717, 1.165) is 24.3 Å². The summed E-state index contributed by atoms with van der Waals surface area (Å²) in [5, 5.41) is 4.07. The van der Waals surface area contributed by atoms with Gasteiger partial charge in [-0.3, -0.25) is 4.90 Å². The highest BCUT2D eigenvalue weighted by Crippen LogP contribution is 2.50. The van der Waals surface area contributed by atoms with Crippen LogP contribution in [0.4, 0.5) is 22.0 Å². The predicted octanol–water partition coefficient (Wildman–Crippen LogP) is 4.58. The Morgan fingerprint density at radius 3 is 2.35 bits per heavy atom. The summed E-state index contributed by atoms with van der Waals surface area (Å²) in [4.78, 5) is 5.15. The third kappa shape index (κ3) is 5.34. The molecule has 1 saturated heterocycles. The van der Waals surface area contributed by atoms with Crippen LogP contribution >= 0.6 is 0 Å². The zero-order valence-electron chi connectivity index (χ0n) is 16.9. The minimum Gasteiger partial charge on any atom is -0.494 e. The second-order valence-corrected chi connectivity index (χ2v) is 8.45. The van der Waals surface area contributed by atoms with Crippen LogP contribution < -0.4 is 4.74 Å². The maximum Gasteiger partial charge on any atom is 0.454 e. The summed E-state index contributed by atoms with van der Waals surface area (Å²) in [7, 11) is 0. The fourth-order valence-corrected chi connectivity index (χ4v) is 4.45. The predicted molar refractivity (Wildman–Crippen MR) is 103 cm³/mol. The fourth-order valence-electron chi connectivity index (χ4n) is 4.45. The maximum absolute atomic E-state index is 13.2. The summed E-state index contributed by atoms with van der Waals surface area (Å²) < 4.78 is 71.1. The van der Waals surface area contributed by atoms with Gasteiger partial charge in [-0.1, -0.05) is 0 Å². The fraction of sp³-hybridized carbons (Fsp3) is 0.619. The van der Waals surface area contributed by atoms with E-state index in [1.165, 1.54) is 11.2 Å². The third-order valence-electron chi connectivity index (χ3n) is 6.33. The molecule has 2 aromatic rings. The quantitative estimate of drug-likeness (QED) is 0.559. The van der Waals surface area contributed by atoms with Crippen LogP contribution in [0, 0.1) is 17.8 Å². The number of ether oxygens (including phenoxy) is 1. The molecule has 2 unspecified atom stereocenters. The molecule has 1 aromatic heterocycles. The maximum atomic E-state index is 13.2. The average molecular weight is 444 g/mol. The van der Waals surface area contributed by atoms with Crippen molar-refractivity contribution in [3.8, 4) is 11.4 Å². The molecule has 0 radical (unpaired) electrons. The summed E-state index contributed by atoms with van der Waals surface area (Å²) in [6, 6.07) is 7.57. The second-order valence-electron chi connectivity index (χ2n) is 8.45. The van der Waals surface area contributed by atoms with Gasteiger partial charge in [-0.2, -0.15) is 27.1 Å². The van der Waals surface area contributed by atoms with E-state index in [2.05, 4.69) is 10.1 Å². The highest BCUT2D eigenvalue weighted by molar-refractivity contribution is 5.36. The molecule has 0 amide bonds. The van der Waals surface area contributed by atoms with Crippen LogP contribution in [-0.2, 0) is 0 Å². The minimum atomic E-state index is -5.48. The summed E-state index contributed by atoms with van der Waals surface area (Å²) in [6.07, 6.45) is 0.967. The van der Waals surface area contributed by atoms with E-state index in [9.17, 15) is 22.0 Å². The van der Waals surface area contributed by atoms with Gasteiger partial charge in [0.2, 0.25) is 0 Å². The molecule has 0 N–H and O–H groups in total. The summed E-state index contributed by atoms with van der Waals surface area (Å²) in [5.74, 6) is -2.39. The van der Waals surface area contributed by atoms with Gasteiger partial charge in [-0.05, 0) is 80.8 Å². The number of benzene rings is 1. The van der Waals surface area contributed by atoms with Crippen molar-refractivity contribution in [2.75, 3.05) is 26.2 Å². The molecule has 1 saturated carbocycles. The molecule has 10 heteroatoms. The molecule has 0 spiro atoms. The molecule has 5 nitrogen and oxygen atoms in total. The van der Waals surface area contributed by atoms with Crippen LogP contribution in [0.3, 0.4) is 0 Å². The van der Waals surface area contributed by atoms with Gasteiger partial charge in [0, 0.05) is 0 Å². The Hall–Kier alpha value is -2.23. The van der Waals surface area contributed by atoms with Gasteiger partial charge in [-0.25, -0.2) is 9.67 Å². The van der Waals surface area contributed by atoms with Crippen LogP contribution in [0.2, 0.25) is 0 Å². The van der Waals surface area contributed by atoms with Crippen molar-refractivity contribution >= 4 is 0 Å². The third-order valence-corrected chi connectivity index (χ3v) is 6.33. The zero-order chi connectivity index (χ0) is 22.1. The topological polar surface area (TPSA) is 43.2 Å². The van der Waals surface area contributed by atoms with E-state index in [4.69, 9.17) is 4.74 Å². The van der Waals surface area contributed by atoms with E-state index in [-0.39, 0.29) is 0 Å². The van der Waals surface area contributed by atoms with Crippen molar-refractivity contribution in [1.82, 2.24) is 19.7 Å². The monoisotopic (exact) mass is 444 g/mol. The lowest BCUT2D eigenvalue weighted by molar-refractivity contribution is -0.287. The SMILES string of the molecule is FC(F)(F)C(F)(F)CN1CCC(C2CC2CCOc2ccc(-n3cncn3)cc2)CC1. The van der Waals surface area contributed by atoms with Crippen LogP contribution in [0.15, 0.2) is 36.9 Å². The van der Waals surface area contributed by atoms with Crippen molar-refractivity contribution in [3.63, 3.8) is 0 Å². The smallest absolute Gasteiger partial charge is 0.454 e. The van der Waals surface area contributed by atoms with Gasteiger partial charge in [0.25, 0.3) is 0 Å². The molecule has 170 valence electrons. The van der Waals surface area contributed by atoms with Crippen molar-refractivity contribution in [2.45, 2.75) is 37.8 Å². The second kappa shape index (κ2) is 8.72. The first kappa shape index (κ1) is 22.0. The molecule has 0 bridgehead atoms. The molecule has 1 aliphatic heterocycles. The molecule has 2 aliphatic rings.